The molecule has 3 N–H and O–H groups in total. The Bertz CT molecular complexity index is 731. The average molecular weight is 302 g/mol. The van der Waals surface area contributed by atoms with Crippen molar-refractivity contribution in [2.24, 2.45) is 0 Å². The van der Waals surface area contributed by atoms with Gasteiger partial charge in [0.05, 0.1) is 11.0 Å². The van der Waals surface area contributed by atoms with Gasteiger partial charge in [-0.15, -0.1) is 0 Å². The van der Waals surface area contributed by atoms with Crippen LogP contribution in [0.2, 0.25) is 0 Å². The van der Waals surface area contributed by atoms with Crippen LogP contribution in [-0.4, -0.2) is 9.97 Å². The van der Waals surface area contributed by atoms with Crippen LogP contribution in [0.1, 0.15) is 5.56 Å². The molecule has 2 aromatic carbocycles. The summed E-state index contributed by atoms with van der Waals surface area (Å²) in [5, 5.41) is 0. The van der Waals surface area contributed by atoms with E-state index in [1.807, 2.05) is 43.3 Å². The van der Waals surface area contributed by atoms with Crippen molar-refractivity contribution in [2.45, 2.75) is 6.92 Å². The summed E-state index contributed by atoms with van der Waals surface area (Å²) >= 11 is 3.45. The zero-order valence-corrected chi connectivity index (χ0v) is 11.5. The number of nitrogens with two attached hydrogens (primary N) is 1. The SMILES string of the molecule is Cc1cc(-c2nc3ccc(Br)cc3[nH]2)ccc1N. The maximum atomic E-state index is 5.82. The number of hydrogen-bond donors (Lipinski definition) is 2. The van der Waals surface area contributed by atoms with E-state index in [-0.39, 0.29) is 0 Å². The Hall–Kier alpha value is -1.81. The highest BCUT2D eigenvalue weighted by molar-refractivity contribution is 9.10. The summed E-state index contributed by atoms with van der Waals surface area (Å²) < 4.78 is 1.04. The molecule has 1 aromatic heterocycles. The first kappa shape index (κ1) is 11.3. The van der Waals surface area contributed by atoms with E-state index in [1.54, 1.807) is 0 Å². The molecule has 3 nitrogen and oxygen atoms in total. The van der Waals surface area contributed by atoms with E-state index in [9.17, 15) is 0 Å². The molecule has 18 heavy (non-hydrogen) atoms. The number of benzene rings is 2. The normalized spacial score (nSPS) is 11.0. The number of aromatic amines is 1. The zero-order valence-electron chi connectivity index (χ0n) is 9.87. The van der Waals surface area contributed by atoms with Gasteiger partial charge in [-0.1, -0.05) is 15.9 Å². The molecule has 0 bridgehead atoms. The molecule has 0 unspecified atom stereocenters. The highest BCUT2D eigenvalue weighted by Crippen LogP contribution is 2.25. The molecule has 0 fully saturated rings. The van der Waals surface area contributed by atoms with Crippen LogP contribution < -0.4 is 5.73 Å². The molecule has 0 saturated heterocycles. The highest BCUT2D eigenvalue weighted by atomic mass is 79.9. The fourth-order valence-electron chi connectivity index (χ4n) is 1.94. The zero-order chi connectivity index (χ0) is 12.7. The minimum Gasteiger partial charge on any atom is -0.399 e. The minimum absolute atomic E-state index is 0.803. The number of nitrogen functional groups attached to an aromatic ring is 1. The summed E-state index contributed by atoms with van der Waals surface area (Å²) in [6.07, 6.45) is 0. The largest absolute Gasteiger partial charge is 0.399 e. The van der Waals surface area contributed by atoms with Gasteiger partial charge in [-0.25, -0.2) is 4.98 Å². The monoisotopic (exact) mass is 301 g/mol. The fourth-order valence-corrected chi connectivity index (χ4v) is 2.30. The van der Waals surface area contributed by atoms with E-state index in [2.05, 4.69) is 25.9 Å². The number of halogens is 1. The number of fused-ring (bicyclic) bond motifs is 1. The van der Waals surface area contributed by atoms with Crippen molar-refractivity contribution >= 4 is 32.7 Å². The lowest BCUT2D eigenvalue weighted by Gasteiger charge is -2.01. The van der Waals surface area contributed by atoms with Gasteiger partial charge in [-0.3, -0.25) is 0 Å². The molecule has 3 aromatic rings. The maximum absolute atomic E-state index is 5.82. The van der Waals surface area contributed by atoms with E-state index in [4.69, 9.17) is 5.73 Å². The van der Waals surface area contributed by atoms with Crippen molar-refractivity contribution in [2.75, 3.05) is 5.73 Å². The minimum atomic E-state index is 0.803. The number of hydrogen-bond acceptors (Lipinski definition) is 2. The van der Waals surface area contributed by atoms with E-state index in [1.165, 1.54) is 0 Å². The Morgan fingerprint density at radius 3 is 2.78 bits per heavy atom. The number of imidazole rings is 1. The van der Waals surface area contributed by atoms with Gasteiger partial charge in [0, 0.05) is 15.7 Å². The fraction of sp³-hybridized carbons (Fsp3) is 0.0714. The van der Waals surface area contributed by atoms with Crippen molar-refractivity contribution in [3.05, 3.63) is 46.4 Å². The van der Waals surface area contributed by atoms with Gasteiger partial charge in [-0.2, -0.15) is 0 Å². The second-order valence-electron chi connectivity index (χ2n) is 4.32. The van der Waals surface area contributed by atoms with Gasteiger partial charge in [-0.05, 0) is 48.9 Å². The average Bonchev–Trinajstić information content (AvgIpc) is 2.75. The van der Waals surface area contributed by atoms with Crippen LogP contribution in [0.4, 0.5) is 5.69 Å². The van der Waals surface area contributed by atoms with Crippen molar-refractivity contribution in [1.29, 1.82) is 0 Å². The van der Waals surface area contributed by atoms with Crippen LogP contribution in [0, 0.1) is 6.92 Å². The Kier molecular flexibility index (Phi) is 2.59. The van der Waals surface area contributed by atoms with Crippen LogP contribution in [0.3, 0.4) is 0 Å². The Balaban J connectivity index is 2.16. The number of nitrogens with zero attached hydrogens (tertiary/aromatic N) is 1. The van der Waals surface area contributed by atoms with Crippen LogP contribution in [0.25, 0.3) is 22.4 Å². The summed E-state index contributed by atoms with van der Waals surface area (Å²) in [6, 6.07) is 11.9. The molecule has 1 heterocycles. The molecule has 3 rings (SSSR count). The van der Waals surface area contributed by atoms with Crippen LogP contribution in [-0.2, 0) is 0 Å². The second kappa shape index (κ2) is 4.14. The molecule has 90 valence electrons. The van der Waals surface area contributed by atoms with Crippen molar-refractivity contribution in [3.8, 4) is 11.4 Å². The number of anilines is 1. The molecule has 0 atom stereocenters. The van der Waals surface area contributed by atoms with Gasteiger partial charge in [0.25, 0.3) is 0 Å². The molecule has 0 spiro atoms. The Morgan fingerprint density at radius 2 is 2.00 bits per heavy atom. The molecule has 4 heteroatoms. The topological polar surface area (TPSA) is 54.7 Å². The summed E-state index contributed by atoms with van der Waals surface area (Å²) in [4.78, 5) is 7.90. The third kappa shape index (κ3) is 1.88. The highest BCUT2D eigenvalue weighted by Gasteiger charge is 2.06. The lowest BCUT2D eigenvalue weighted by atomic mass is 10.1. The Morgan fingerprint density at radius 1 is 1.17 bits per heavy atom. The third-order valence-electron chi connectivity index (χ3n) is 2.99. The molecular weight excluding hydrogens is 290 g/mol. The molecular formula is C14H12BrN3. The molecule has 0 aliphatic heterocycles. The predicted molar refractivity (Wildman–Crippen MR) is 78.4 cm³/mol. The summed E-state index contributed by atoms with van der Waals surface area (Å²) in [6.45, 7) is 2.00. The van der Waals surface area contributed by atoms with E-state index in [0.717, 1.165) is 38.1 Å². The van der Waals surface area contributed by atoms with Crippen LogP contribution >= 0.6 is 15.9 Å². The maximum Gasteiger partial charge on any atom is 0.138 e. The lowest BCUT2D eigenvalue weighted by Crippen LogP contribution is -1.90. The van der Waals surface area contributed by atoms with Gasteiger partial charge in [0.2, 0.25) is 0 Å². The van der Waals surface area contributed by atoms with E-state index >= 15 is 0 Å². The van der Waals surface area contributed by atoms with Gasteiger partial charge in [0.15, 0.2) is 0 Å². The predicted octanol–water partition coefficient (Wildman–Crippen LogP) is 3.88. The molecule has 0 amide bonds. The second-order valence-corrected chi connectivity index (χ2v) is 5.23. The van der Waals surface area contributed by atoms with Gasteiger partial charge < -0.3 is 10.7 Å². The van der Waals surface area contributed by atoms with Gasteiger partial charge in [0.1, 0.15) is 5.82 Å². The van der Waals surface area contributed by atoms with Crippen LogP contribution in [0.5, 0.6) is 0 Å². The van der Waals surface area contributed by atoms with E-state index in [0.29, 0.717) is 0 Å². The quantitative estimate of drug-likeness (QED) is 0.670. The van der Waals surface area contributed by atoms with Gasteiger partial charge >= 0.3 is 0 Å². The molecule has 0 radical (unpaired) electrons. The number of H-pyrrole nitrogens is 1. The van der Waals surface area contributed by atoms with Crippen LogP contribution in [0.15, 0.2) is 40.9 Å². The molecule has 0 aliphatic rings. The first-order valence-electron chi connectivity index (χ1n) is 5.65. The standard InChI is InChI=1S/C14H12BrN3/c1-8-6-9(2-4-11(8)16)14-17-12-5-3-10(15)7-13(12)18-14/h2-7H,16H2,1H3,(H,17,18). The summed E-state index contributed by atoms with van der Waals surface area (Å²) in [5.41, 5.74) is 10.7. The summed E-state index contributed by atoms with van der Waals surface area (Å²) in [5.74, 6) is 0.867. The number of aryl methyl sites for hydroxylation is 1. The first-order valence-corrected chi connectivity index (χ1v) is 6.44. The number of aromatic nitrogens is 2. The Labute approximate surface area is 113 Å². The summed E-state index contributed by atoms with van der Waals surface area (Å²) in [7, 11) is 0. The number of nitrogens with one attached hydrogen (secondary N) is 1. The van der Waals surface area contributed by atoms with E-state index < -0.39 is 0 Å². The molecule has 0 saturated carbocycles. The van der Waals surface area contributed by atoms with Crippen molar-refractivity contribution in [3.63, 3.8) is 0 Å². The third-order valence-corrected chi connectivity index (χ3v) is 3.48. The smallest absolute Gasteiger partial charge is 0.138 e. The van der Waals surface area contributed by atoms with Crippen molar-refractivity contribution < 1.29 is 0 Å². The number of rotatable bonds is 1. The van der Waals surface area contributed by atoms with Crippen molar-refractivity contribution in [1.82, 2.24) is 9.97 Å². The first-order chi connectivity index (χ1) is 8.63. The lowest BCUT2D eigenvalue weighted by molar-refractivity contribution is 1.32. The molecule has 0 aliphatic carbocycles.